The molecule has 0 aliphatic rings. The molecule has 3 rings (SSSR count). The monoisotopic (exact) mass is 360 g/mol. The molecule has 9 heteroatoms. The van der Waals surface area contributed by atoms with E-state index in [4.69, 9.17) is 14.0 Å². The number of methoxy groups -OCH3 is 2. The highest BCUT2D eigenvalue weighted by molar-refractivity contribution is 7.12. The van der Waals surface area contributed by atoms with Gasteiger partial charge in [-0.2, -0.15) is 4.98 Å². The van der Waals surface area contributed by atoms with Gasteiger partial charge in [-0.25, -0.2) is 4.98 Å². The summed E-state index contributed by atoms with van der Waals surface area (Å²) < 4.78 is 15.5. The minimum Gasteiger partial charge on any atom is -0.497 e. The third kappa shape index (κ3) is 3.77. The van der Waals surface area contributed by atoms with Crippen molar-refractivity contribution in [1.82, 2.24) is 20.4 Å². The van der Waals surface area contributed by atoms with E-state index < -0.39 is 0 Å². The van der Waals surface area contributed by atoms with Crippen molar-refractivity contribution in [3.8, 4) is 23.1 Å². The molecule has 2 aromatic heterocycles. The van der Waals surface area contributed by atoms with Crippen molar-refractivity contribution >= 4 is 17.2 Å². The van der Waals surface area contributed by atoms with E-state index in [0.29, 0.717) is 33.9 Å². The number of thiazole rings is 1. The largest absolute Gasteiger partial charge is 0.497 e. The second kappa shape index (κ2) is 7.31. The first kappa shape index (κ1) is 16.9. The lowest BCUT2D eigenvalue weighted by molar-refractivity contribution is 0.0950. The predicted molar refractivity (Wildman–Crippen MR) is 90.9 cm³/mol. The van der Waals surface area contributed by atoms with Crippen LogP contribution in [0.2, 0.25) is 0 Å². The van der Waals surface area contributed by atoms with Crippen LogP contribution in [0.3, 0.4) is 0 Å². The van der Waals surface area contributed by atoms with E-state index >= 15 is 0 Å². The lowest BCUT2D eigenvalue weighted by Gasteiger charge is -2.10. The molecule has 25 heavy (non-hydrogen) atoms. The molecule has 0 spiro atoms. The maximum absolute atomic E-state index is 12.3. The van der Waals surface area contributed by atoms with Crippen molar-refractivity contribution < 1.29 is 18.8 Å². The van der Waals surface area contributed by atoms with Crippen LogP contribution in [-0.4, -0.2) is 35.3 Å². The second-order valence-electron chi connectivity index (χ2n) is 5.05. The zero-order valence-corrected chi connectivity index (χ0v) is 14.7. The number of ether oxygens (including phenoxy) is 2. The topological polar surface area (TPSA) is 99.4 Å². The van der Waals surface area contributed by atoms with E-state index in [9.17, 15) is 4.79 Å². The first-order valence-electron chi connectivity index (χ1n) is 7.36. The van der Waals surface area contributed by atoms with Gasteiger partial charge in [0, 0.05) is 17.5 Å². The van der Waals surface area contributed by atoms with E-state index in [0.717, 1.165) is 5.56 Å². The molecule has 3 aromatic rings. The maximum atomic E-state index is 12.3. The summed E-state index contributed by atoms with van der Waals surface area (Å²) in [6, 6.07) is 5.40. The number of aryl methyl sites for hydroxylation is 1. The normalized spacial score (nSPS) is 10.5. The van der Waals surface area contributed by atoms with Crippen LogP contribution in [0, 0.1) is 6.92 Å². The summed E-state index contributed by atoms with van der Waals surface area (Å²) in [6.45, 7) is 2.00. The van der Waals surface area contributed by atoms with Gasteiger partial charge in [-0.15, -0.1) is 11.3 Å². The Balaban J connectivity index is 1.70. The standard InChI is InChI=1S/C16H16N4O4S/c1-9-18-15(24-20-9)12-8-25-16(19-12)14(21)17-7-10-6-11(22-2)4-5-13(10)23-3/h4-6,8H,7H2,1-3H3,(H,17,21). The first-order chi connectivity index (χ1) is 12.1. The fraction of sp³-hybridized carbons (Fsp3) is 0.250. The van der Waals surface area contributed by atoms with Gasteiger partial charge in [0.1, 0.15) is 17.2 Å². The molecular weight excluding hydrogens is 344 g/mol. The zero-order valence-electron chi connectivity index (χ0n) is 13.9. The number of carbonyl (C=O) groups is 1. The summed E-state index contributed by atoms with van der Waals surface area (Å²) in [5, 5.41) is 8.54. The second-order valence-corrected chi connectivity index (χ2v) is 5.90. The molecule has 1 amide bonds. The smallest absolute Gasteiger partial charge is 0.280 e. The van der Waals surface area contributed by atoms with Gasteiger partial charge in [0.05, 0.1) is 14.2 Å². The molecule has 1 N–H and O–H groups in total. The molecule has 0 radical (unpaired) electrons. The van der Waals surface area contributed by atoms with Crippen LogP contribution in [-0.2, 0) is 6.54 Å². The predicted octanol–water partition coefficient (Wildman–Crippen LogP) is 2.45. The van der Waals surface area contributed by atoms with E-state index in [-0.39, 0.29) is 12.5 Å². The zero-order chi connectivity index (χ0) is 17.8. The summed E-state index contributed by atoms with van der Waals surface area (Å²) in [7, 11) is 3.16. The van der Waals surface area contributed by atoms with Gasteiger partial charge in [0.2, 0.25) is 0 Å². The Morgan fingerprint density at radius 1 is 1.28 bits per heavy atom. The van der Waals surface area contributed by atoms with E-state index in [1.54, 1.807) is 38.7 Å². The Hall–Kier alpha value is -2.94. The molecule has 130 valence electrons. The number of amides is 1. The molecule has 2 heterocycles. The summed E-state index contributed by atoms with van der Waals surface area (Å²) in [5.74, 6) is 1.87. The van der Waals surface area contributed by atoms with Crippen LogP contribution in [0.5, 0.6) is 11.5 Å². The average molecular weight is 360 g/mol. The molecule has 8 nitrogen and oxygen atoms in total. The Kier molecular flexibility index (Phi) is 4.94. The highest BCUT2D eigenvalue weighted by Gasteiger charge is 2.16. The van der Waals surface area contributed by atoms with Gasteiger partial charge in [-0.3, -0.25) is 4.79 Å². The molecular formula is C16H16N4O4S. The molecule has 0 unspecified atom stereocenters. The molecule has 1 aromatic carbocycles. The van der Waals surface area contributed by atoms with Crippen LogP contribution >= 0.6 is 11.3 Å². The number of benzene rings is 1. The first-order valence-corrected chi connectivity index (χ1v) is 8.24. The Morgan fingerprint density at radius 2 is 2.12 bits per heavy atom. The SMILES string of the molecule is COc1ccc(OC)c(CNC(=O)c2nc(-c3nc(C)no3)cs2)c1. The molecule has 0 saturated carbocycles. The van der Waals surface area contributed by atoms with Gasteiger partial charge in [-0.1, -0.05) is 5.16 Å². The minimum absolute atomic E-state index is 0.286. The highest BCUT2D eigenvalue weighted by Crippen LogP contribution is 2.24. The molecule has 0 atom stereocenters. The molecule has 0 aliphatic heterocycles. The lowest BCUT2D eigenvalue weighted by atomic mass is 10.2. The Bertz CT molecular complexity index is 890. The quantitative estimate of drug-likeness (QED) is 0.721. The number of nitrogens with one attached hydrogen (secondary N) is 1. The van der Waals surface area contributed by atoms with Gasteiger partial charge < -0.3 is 19.3 Å². The fourth-order valence-corrected chi connectivity index (χ4v) is 2.86. The van der Waals surface area contributed by atoms with Crippen LogP contribution in [0.15, 0.2) is 28.1 Å². The van der Waals surface area contributed by atoms with Gasteiger partial charge in [0.15, 0.2) is 10.8 Å². The summed E-state index contributed by atoms with van der Waals surface area (Å²) in [6.07, 6.45) is 0. The maximum Gasteiger partial charge on any atom is 0.280 e. The summed E-state index contributed by atoms with van der Waals surface area (Å²) in [4.78, 5) is 20.6. The minimum atomic E-state index is -0.294. The lowest BCUT2D eigenvalue weighted by Crippen LogP contribution is -2.23. The van der Waals surface area contributed by atoms with Crippen LogP contribution < -0.4 is 14.8 Å². The Morgan fingerprint density at radius 3 is 2.80 bits per heavy atom. The third-order valence-electron chi connectivity index (χ3n) is 3.37. The molecule has 0 saturated heterocycles. The summed E-state index contributed by atoms with van der Waals surface area (Å²) in [5.41, 5.74) is 1.29. The number of aromatic nitrogens is 3. The summed E-state index contributed by atoms with van der Waals surface area (Å²) >= 11 is 1.21. The van der Waals surface area contributed by atoms with Crippen LogP contribution in [0.1, 0.15) is 21.2 Å². The van der Waals surface area contributed by atoms with E-state index in [1.807, 2.05) is 6.07 Å². The Labute approximate surface area is 147 Å². The van der Waals surface area contributed by atoms with E-state index in [1.165, 1.54) is 11.3 Å². The number of hydrogen-bond donors (Lipinski definition) is 1. The number of rotatable bonds is 6. The van der Waals surface area contributed by atoms with E-state index in [2.05, 4.69) is 20.4 Å². The number of carbonyl (C=O) groups excluding carboxylic acids is 1. The van der Waals surface area contributed by atoms with Gasteiger partial charge >= 0.3 is 0 Å². The van der Waals surface area contributed by atoms with Crippen molar-refractivity contribution in [2.24, 2.45) is 0 Å². The number of hydrogen-bond acceptors (Lipinski definition) is 8. The van der Waals surface area contributed by atoms with Crippen molar-refractivity contribution in [3.63, 3.8) is 0 Å². The number of nitrogens with zero attached hydrogens (tertiary/aromatic N) is 3. The molecule has 0 bridgehead atoms. The van der Waals surface area contributed by atoms with Gasteiger partial charge in [0.25, 0.3) is 11.8 Å². The van der Waals surface area contributed by atoms with Crippen molar-refractivity contribution in [2.75, 3.05) is 14.2 Å². The van der Waals surface area contributed by atoms with Crippen molar-refractivity contribution in [2.45, 2.75) is 13.5 Å². The van der Waals surface area contributed by atoms with Gasteiger partial charge in [-0.05, 0) is 25.1 Å². The fourth-order valence-electron chi connectivity index (χ4n) is 2.15. The average Bonchev–Trinajstić information content (AvgIpc) is 3.28. The molecule has 0 aliphatic carbocycles. The van der Waals surface area contributed by atoms with Crippen LogP contribution in [0.4, 0.5) is 0 Å². The van der Waals surface area contributed by atoms with Crippen LogP contribution in [0.25, 0.3) is 11.6 Å². The van der Waals surface area contributed by atoms with Crippen molar-refractivity contribution in [3.05, 3.63) is 40.0 Å². The van der Waals surface area contributed by atoms with Crippen molar-refractivity contribution in [1.29, 1.82) is 0 Å². The third-order valence-corrected chi connectivity index (χ3v) is 4.21. The molecule has 0 fully saturated rings. The highest BCUT2D eigenvalue weighted by atomic mass is 32.1.